The molecule has 4 aromatic rings. The fourth-order valence-corrected chi connectivity index (χ4v) is 3.19. The molecule has 3 aromatic heterocycles. The van der Waals surface area contributed by atoms with Crippen LogP contribution in [0.2, 0.25) is 5.02 Å². The summed E-state index contributed by atoms with van der Waals surface area (Å²) in [7, 11) is 0. The van der Waals surface area contributed by atoms with Crippen LogP contribution in [0.25, 0.3) is 16.5 Å². The summed E-state index contributed by atoms with van der Waals surface area (Å²) in [5.74, 6) is -1.00. The van der Waals surface area contributed by atoms with E-state index in [1.165, 1.54) is 28.7 Å². The SMILES string of the molecule is O=C(Cn1nc(-c2cccs2)oc1=O)Nc1cc(Cl)ccc1-n1cncn1. The van der Waals surface area contributed by atoms with E-state index in [0.29, 0.717) is 21.3 Å². The molecule has 0 aliphatic rings. The van der Waals surface area contributed by atoms with Gasteiger partial charge in [-0.2, -0.15) is 9.78 Å². The number of nitrogens with one attached hydrogen (secondary N) is 1. The molecular weight excluding hydrogens is 392 g/mol. The second-order valence-electron chi connectivity index (χ2n) is 5.36. The molecule has 9 nitrogen and oxygen atoms in total. The van der Waals surface area contributed by atoms with Crippen LogP contribution in [0.4, 0.5) is 5.69 Å². The smallest absolute Gasteiger partial charge is 0.387 e. The molecule has 3 heterocycles. The van der Waals surface area contributed by atoms with E-state index in [1.54, 1.807) is 24.3 Å². The van der Waals surface area contributed by atoms with Crippen molar-refractivity contribution in [2.75, 3.05) is 5.32 Å². The molecule has 0 bridgehead atoms. The predicted molar refractivity (Wildman–Crippen MR) is 99.1 cm³/mol. The van der Waals surface area contributed by atoms with Crippen molar-refractivity contribution in [3.05, 3.63) is 63.9 Å². The number of aromatic nitrogens is 5. The summed E-state index contributed by atoms with van der Waals surface area (Å²) in [5, 5.41) is 13.1. The van der Waals surface area contributed by atoms with Crippen LogP contribution in [0.3, 0.4) is 0 Å². The van der Waals surface area contributed by atoms with Crippen LogP contribution in [0.5, 0.6) is 0 Å². The van der Waals surface area contributed by atoms with E-state index in [2.05, 4.69) is 20.5 Å². The molecule has 1 aromatic carbocycles. The number of amides is 1. The maximum absolute atomic E-state index is 12.4. The van der Waals surface area contributed by atoms with Crippen LogP contribution < -0.4 is 11.1 Å². The first-order valence-electron chi connectivity index (χ1n) is 7.66. The summed E-state index contributed by atoms with van der Waals surface area (Å²) in [6.07, 6.45) is 2.87. The quantitative estimate of drug-likeness (QED) is 0.549. The van der Waals surface area contributed by atoms with Crippen LogP contribution in [-0.2, 0) is 11.3 Å². The molecule has 0 fully saturated rings. The van der Waals surface area contributed by atoms with Crippen LogP contribution >= 0.6 is 22.9 Å². The summed E-state index contributed by atoms with van der Waals surface area (Å²) >= 11 is 7.41. The minimum absolute atomic E-state index is 0.175. The largest absolute Gasteiger partial charge is 0.437 e. The second-order valence-corrected chi connectivity index (χ2v) is 6.74. The van der Waals surface area contributed by atoms with Gasteiger partial charge in [0.2, 0.25) is 5.91 Å². The molecule has 0 radical (unpaired) electrons. The molecule has 11 heteroatoms. The number of hydrogen-bond donors (Lipinski definition) is 1. The van der Waals surface area contributed by atoms with Gasteiger partial charge in [0.15, 0.2) is 0 Å². The number of rotatable bonds is 5. The zero-order valence-corrected chi connectivity index (χ0v) is 15.1. The van der Waals surface area contributed by atoms with Crippen molar-refractivity contribution in [1.29, 1.82) is 0 Å². The highest BCUT2D eigenvalue weighted by Gasteiger charge is 2.15. The summed E-state index contributed by atoms with van der Waals surface area (Å²) in [6.45, 7) is -0.309. The number of carbonyl (C=O) groups excluding carboxylic acids is 1. The van der Waals surface area contributed by atoms with Crippen LogP contribution in [-0.4, -0.2) is 30.5 Å². The second kappa shape index (κ2) is 7.17. The molecule has 0 atom stereocenters. The van der Waals surface area contributed by atoms with Gasteiger partial charge in [0.1, 0.15) is 19.2 Å². The Morgan fingerprint density at radius 1 is 1.33 bits per heavy atom. The van der Waals surface area contributed by atoms with Gasteiger partial charge in [0.25, 0.3) is 5.89 Å². The standard InChI is InChI=1S/C16H11ClN6O3S/c17-10-3-4-12(23-9-18-8-19-23)11(6-10)20-14(24)7-22-16(25)26-15(21-22)13-2-1-5-27-13/h1-6,8-9H,7H2,(H,20,24). The van der Waals surface area contributed by atoms with Gasteiger partial charge < -0.3 is 9.73 Å². The lowest BCUT2D eigenvalue weighted by atomic mass is 10.2. The van der Waals surface area contributed by atoms with E-state index in [9.17, 15) is 9.59 Å². The number of halogens is 1. The van der Waals surface area contributed by atoms with E-state index in [-0.39, 0.29) is 12.4 Å². The number of nitrogens with zero attached hydrogens (tertiary/aromatic N) is 5. The Balaban J connectivity index is 1.56. The number of carbonyl (C=O) groups is 1. The highest BCUT2D eigenvalue weighted by Crippen LogP contribution is 2.24. The summed E-state index contributed by atoms with van der Waals surface area (Å²) < 4.78 is 7.55. The average molecular weight is 403 g/mol. The third kappa shape index (κ3) is 3.66. The summed E-state index contributed by atoms with van der Waals surface area (Å²) in [5.41, 5.74) is 1.00. The lowest BCUT2D eigenvalue weighted by Crippen LogP contribution is -2.26. The summed E-state index contributed by atoms with van der Waals surface area (Å²) in [6, 6.07) is 8.54. The number of hydrogen-bond acceptors (Lipinski definition) is 7. The zero-order valence-electron chi connectivity index (χ0n) is 13.6. The van der Waals surface area contributed by atoms with Gasteiger partial charge in [-0.15, -0.1) is 16.4 Å². The van der Waals surface area contributed by atoms with Gasteiger partial charge in [-0.25, -0.2) is 14.5 Å². The Morgan fingerprint density at radius 3 is 2.96 bits per heavy atom. The number of benzene rings is 1. The molecule has 0 aliphatic heterocycles. The van der Waals surface area contributed by atoms with Gasteiger partial charge >= 0.3 is 5.76 Å². The molecular formula is C16H11ClN6O3S. The monoisotopic (exact) mass is 402 g/mol. The maximum Gasteiger partial charge on any atom is 0.437 e. The van der Waals surface area contributed by atoms with Crippen LogP contribution in [0.15, 0.2) is 57.6 Å². The highest BCUT2D eigenvalue weighted by atomic mass is 35.5. The van der Waals surface area contributed by atoms with E-state index < -0.39 is 11.7 Å². The molecule has 0 saturated carbocycles. The van der Waals surface area contributed by atoms with Crippen molar-refractivity contribution in [3.63, 3.8) is 0 Å². The predicted octanol–water partition coefficient (Wildman–Crippen LogP) is 2.44. The third-order valence-corrected chi connectivity index (χ3v) is 4.62. The Kier molecular flexibility index (Phi) is 4.57. The Hall–Kier alpha value is -3.24. The van der Waals surface area contributed by atoms with Crippen molar-refractivity contribution in [1.82, 2.24) is 24.5 Å². The van der Waals surface area contributed by atoms with Crippen molar-refractivity contribution in [3.8, 4) is 16.5 Å². The van der Waals surface area contributed by atoms with Gasteiger partial charge in [-0.3, -0.25) is 4.79 Å². The molecule has 0 spiro atoms. The molecule has 136 valence electrons. The molecule has 27 heavy (non-hydrogen) atoms. The topological polar surface area (TPSA) is 108 Å². The first-order valence-corrected chi connectivity index (χ1v) is 8.92. The lowest BCUT2D eigenvalue weighted by molar-refractivity contribution is -0.117. The van der Waals surface area contributed by atoms with E-state index in [1.807, 2.05) is 11.4 Å². The van der Waals surface area contributed by atoms with E-state index in [4.69, 9.17) is 16.0 Å². The van der Waals surface area contributed by atoms with Crippen LogP contribution in [0, 0.1) is 0 Å². The Morgan fingerprint density at radius 2 is 2.22 bits per heavy atom. The van der Waals surface area contributed by atoms with Gasteiger partial charge in [0, 0.05) is 5.02 Å². The fourth-order valence-electron chi connectivity index (χ4n) is 2.37. The molecule has 4 rings (SSSR count). The van der Waals surface area contributed by atoms with E-state index in [0.717, 1.165) is 4.68 Å². The minimum Gasteiger partial charge on any atom is -0.387 e. The molecule has 0 unspecified atom stereocenters. The number of thiophene rings is 1. The van der Waals surface area contributed by atoms with Gasteiger partial charge in [-0.05, 0) is 29.6 Å². The van der Waals surface area contributed by atoms with Crippen molar-refractivity contribution in [2.45, 2.75) is 6.54 Å². The average Bonchev–Trinajstić information content (AvgIpc) is 3.37. The zero-order chi connectivity index (χ0) is 18.8. The normalized spacial score (nSPS) is 10.9. The van der Waals surface area contributed by atoms with E-state index >= 15 is 0 Å². The van der Waals surface area contributed by atoms with Crippen molar-refractivity contribution in [2.24, 2.45) is 0 Å². The first kappa shape index (κ1) is 17.2. The summed E-state index contributed by atoms with van der Waals surface area (Å²) in [4.78, 5) is 29.0. The molecule has 1 N–H and O–H groups in total. The Labute approximate surface area is 160 Å². The van der Waals surface area contributed by atoms with Crippen molar-refractivity contribution < 1.29 is 9.21 Å². The van der Waals surface area contributed by atoms with Crippen LogP contribution in [0.1, 0.15) is 0 Å². The molecule has 0 aliphatic carbocycles. The maximum atomic E-state index is 12.4. The highest BCUT2D eigenvalue weighted by molar-refractivity contribution is 7.13. The first-order chi connectivity index (χ1) is 13.1. The molecule has 0 saturated heterocycles. The van der Waals surface area contributed by atoms with Gasteiger partial charge in [0.05, 0.1) is 16.3 Å². The minimum atomic E-state index is -0.712. The fraction of sp³-hybridized carbons (Fsp3) is 0.0625. The van der Waals surface area contributed by atoms with Crippen molar-refractivity contribution >= 4 is 34.5 Å². The third-order valence-electron chi connectivity index (χ3n) is 3.53. The lowest BCUT2D eigenvalue weighted by Gasteiger charge is -2.11. The Bertz CT molecular complexity index is 1130. The van der Waals surface area contributed by atoms with Gasteiger partial charge in [-0.1, -0.05) is 17.7 Å². The molecule has 1 amide bonds. The number of anilines is 1.